The Bertz CT molecular complexity index is 849. The van der Waals surface area contributed by atoms with Crippen molar-refractivity contribution < 1.29 is 23.9 Å². The number of ether oxygens (including phenoxy) is 2. The van der Waals surface area contributed by atoms with Gasteiger partial charge in [-0.15, -0.1) is 0 Å². The molecule has 1 saturated heterocycles. The second-order valence-corrected chi connectivity index (χ2v) is 10.8. The summed E-state index contributed by atoms with van der Waals surface area (Å²) in [6.45, 7) is 15.0. The summed E-state index contributed by atoms with van der Waals surface area (Å²) >= 11 is 0. The van der Waals surface area contributed by atoms with E-state index in [0.29, 0.717) is 38.3 Å². The summed E-state index contributed by atoms with van der Waals surface area (Å²) in [7, 11) is 0. The van der Waals surface area contributed by atoms with Crippen molar-refractivity contribution in [3.63, 3.8) is 0 Å². The molecular weight excluding hydrogens is 434 g/mol. The third kappa shape index (κ3) is 9.23. The lowest BCUT2D eigenvalue weighted by atomic mass is 9.93. The normalized spacial score (nSPS) is 15.0. The minimum Gasteiger partial charge on any atom is -0.444 e. The number of anilines is 1. The van der Waals surface area contributed by atoms with Crippen LogP contribution in [0.5, 0.6) is 0 Å². The van der Waals surface area contributed by atoms with Gasteiger partial charge < -0.3 is 24.6 Å². The molecule has 2 rings (SSSR count). The number of hydrogen-bond donors (Lipinski definition) is 1. The molecule has 0 unspecified atom stereocenters. The third-order valence-corrected chi connectivity index (χ3v) is 5.43. The van der Waals surface area contributed by atoms with E-state index in [1.807, 2.05) is 72.7 Å². The first-order chi connectivity index (χ1) is 15.8. The fraction of sp³-hybridized carbons (Fsp3) is 0.654. The smallest absolute Gasteiger partial charge is 0.410 e. The largest absolute Gasteiger partial charge is 0.444 e. The fourth-order valence-corrected chi connectivity index (χ4v) is 3.73. The van der Waals surface area contributed by atoms with Gasteiger partial charge in [-0.2, -0.15) is 0 Å². The number of para-hydroxylation sites is 1. The number of nitrogens with zero attached hydrogens (tertiary/aromatic N) is 2. The second-order valence-electron chi connectivity index (χ2n) is 10.8. The van der Waals surface area contributed by atoms with Crippen molar-refractivity contribution in [1.82, 2.24) is 9.80 Å². The predicted octanol–water partition coefficient (Wildman–Crippen LogP) is 5.42. The zero-order chi connectivity index (χ0) is 25.5. The van der Waals surface area contributed by atoms with Crippen LogP contribution in [0.4, 0.5) is 15.3 Å². The first-order valence-electron chi connectivity index (χ1n) is 12.1. The van der Waals surface area contributed by atoms with Gasteiger partial charge in [0.1, 0.15) is 11.2 Å². The van der Waals surface area contributed by atoms with Crippen molar-refractivity contribution in [2.24, 2.45) is 5.92 Å². The Kier molecular flexibility index (Phi) is 9.36. The maximum absolute atomic E-state index is 12.8. The van der Waals surface area contributed by atoms with Gasteiger partial charge in [0, 0.05) is 31.7 Å². The van der Waals surface area contributed by atoms with Crippen LogP contribution >= 0.6 is 0 Å². The van der Waals surface area contributed by atoms with Gasteiger partial charge >= 0.3 is 12.2 Å². The molecule has 3 amide bonds. The highest BCUT2D eigenvalue weighted by molar-refractivity contribution is 5.91. The van der Waals surface area contributed by atoms with Crippen LogP contribution in [-0.2, 0) is 20.8 Å². The molecule has 1 aromatic carbocycles. The summed E-state index contributed by atoms with van der Waals surface area (Å²) in [6.07, 6.45) is 1.23. The summed E-state index contributed by atoms with van der Waals surface area (Å²) in [5.41, 5.74) is 0.457. The van der Waals surface area contributed by atoms with Crippen molar-refractivity contribution >= 4 is 23.8 Å². The average molecular weight is 476 g/mol. The van der Waals surface area contributed by atoms with Gasteiger partial charge in [-0.3, -0.25) is 4.79 Å². The van der Waals surface area contributed by atoms with Gasteiger partial charge in [0.2, 0.25) is 5.91 Å². The number of amides is 3. The first kappa shape index (κ1) is 27.5. The molecular formula is C26H41N3O5. The number of likely N-dealkylation sites (tertiary alicyclic amines) is 1. The van der Waals surface area contributed by atoms with Crippen molar-refractivity contribution in [3.05, 3.63) is 29.8 Å². The summed E-state index contributed by atoms with van der Waals surface area (Å²) in [6, 6.07) is 7.51. The Balaban J connectivity index is 1.91. The highest BCUT2D eigenvalue weighted by Gasteiger charge is 2.28. The quantitative estimate of drug-likeness (QED) is 0.594. The minimum absolute atomic E-state index is 0.0662. The van der Waals surface area contributed by atoms with Crippen molar-refractivity contribution in [2.45, 2.75) is 85.5 Å². The average Bonchev–Trinajstić information content (AvgIpc) is 2.71. The summed E-state index contributed by atoms with van der Waals surface area (Å²) in [4.78, 5) is 40.9. The number of nitrogens with one attached hydrogen (secondary N) is 1. The fourth-order valence-electron chi connectivity index (χ4n) is 3.73. The Labute approximate surface area is 204 Å². The van der Waals surface area contributed by atoms with E-state index >= 15 is 0 Å². The van der Waals surface area contributed by atoms with Crippen LogP contribution in [-0.4, -0.2) is 58.7 Å². The van der Waals surface area contributed by atoms with Crippen molar-refractivity contribution in [3.8, 4) is 0 Å². The number of carbonyl (C=O) groups excluding carboxylic acids is 3. The Morgan fingerprint density at radius 2 is 1.59 bits per heavy atom. The van der Waals surface area contributed by atoms with Crippen LogP contribution in [0.2, 0.25) is 0 Å². The van der Waals surface area contributed by atoms with Gasteiger partial charge in [-0.25, -0.2) is 9.59 Å². The van der Waals surface area contributed by atoms with E-state index in [0.717, 1.165) is 18.4 Å². The van der Waals surface area contributed by atoms with E-state index < -0.39 is 11.2 Å². The molecule has 0 saturated carbocycles. The molecule has 0 aliphatic carbocycles. The topological polar surface area (TPSA) is 88.2 Å². The van der Waals surface area contributed by atoms with E-state index in [9.17, 15) is 14.4 Å². The monoisotopic (exact) mass is 475 g/mol. The molecule has 190 valence electrons. The molecule has 1 aliphatic rings. The summed E-state index contributed by atoms with van der Waals surface area (Å²) in [5.74, 6) is 0.142. The Morgan fingerprint density at radius 3 is 2.15 bits per heavy atom. The van der Waals surface area contributed by atoms with E-state index in [4.69, 9.17) is 9.47 Å². The number of rotatable bonds is 6. The first-order valence-corrected chi connectivity index (χ1v) is 12.1. The highest BCUT2D eigenvalue weighted by Crippen LogP contribution is 2.24. The molecule has 0 atom stereocenters. The molecule has 1 N–H and O–H groups in total. The maximum atomic E-state index is 12.8. The molecule has 8 nitrogen and oxygen atoms in total. The van der Waals surface area contributed by atoms with Crippen molar-refractivity contribution in [1.29, 1.82) is 0 Å². The van der Waals surface area contributed by atoms with Gasteiger partial charge in [-0.1, -0.05) is 18.2 Å². The van der Waals surface area contributed by atoms with Crippen LogP contribution in [0, 0.1) is 5.92 Å². The van der Waals surface area contributed by atoms with Gasteiger partial charge in [-0.05, 0) is 78.9 Å². The number of hydrogen-bond acceptors (Lipinski definition) is 5. The molecule has 34 heavy (non-hydrogen) atoms. The third-order valence-electron chi connectivity index (χ3n) is 5.43. The molecule has 1 aromatic rings. The molecule has 8 heteroatoms. The standard InChI is InChI=1S/C26H41N3O5/c1-8-28(23(31)33-25(2,3)4)18-20-11-9-10-12-21(20)27-22(30)17-19-13-15-29(16-14-19)24(32)34-26(5,6)7/h9-12,19H,8,13-18H2,1-7H3,(H,27,30). The SMILES string of the molecule is CCN(Cc1ccccc1NC(=O)CC1CCN(C(=O)OC(C)(C)C)CC1)C(=O)OC(C)(C)C. The number of carbonyl (C=O) groups is 3. The highest BCUT2D eigenvalue weighted by atomic mass is 16.6. The lowest BCUT2D eigenvalue weighted by Crippen LogP contribution is -2.42. The second kappa shape index (κ2) is 11.6. The summed E-state index contributed by atoms with van der Waals surface area (Å²) < 4.78 is 10.9. The molecule has 1 aliphatic heterocycles. The van der Waals surface area contributed by atoms with E-state index in [1.165, 1.54) is 0 Å². The Hall–Kier alpha value is -2.77. The lowest BCUT2D eigenvalue weighted by Gasteiger charge is -2.33. The molecule has 0 bridgehead atoms. The van der Waals surface area contributed by atoms with Crippen molar-refractivity contribution in [2.75, 3.05) is 25.0 Å². The molecule has 1 fully saturated rings. The zero-order valence-corrected chi connectivity index (χ0v) is 21.8. The van der Waals surface area contributed by atoms with Crippen LogP contribution in [0.1, 0.15) is 73.3 Å². The molecule has 0 spiro atoms. The van der Waals surface area contributed by atoms with Crippen LogP contribution in [0.15, 0.2) is 24.3 Å². The van der Waals surface area contributed by atoms with Crippen LogP contribution < -0.4 is 5.32 Å². The van der Waals surface area contributed by atoms with Gasteiger partial charge in [0.05, 0.1) is 6.54 Å². The molecule has 0 aromatic heterocycles. The van der Waals surface area contributed by atoms with E-state index in [2.05, 4.69) is 5.32 Å². The Morgan fingerprint density at radius 1 is 1.00 bits per heavy atom. The molecule has 0 radical (unpaired) electrons. The van der Waals surface area contributed by atoms with E-state index in [1.54, 1.807) is 9.80 Å². The lowest BCUT2D eigenvalue weighted by molar-refractivity contribution is -0.117. The molecule has 1 heterocycles. The van der Waals surface area contributed by atoms with Crippen LogP contribution in [0.25, 0.3) is 0 Å². The predicted molar refractivity (Wildman–Crippen MR) is 133 cm³/mol. The number of piperidine rings is 1. The van der Waals surface area contributed by atoms with Crippen LogP contribution in [0.3, 0.4) is 0 Å². The van der Waals surface area contributed by atoms with E-state index in [-0.39, 0.29) is 24.0 Å². The number of benzene rings is 1. The maximum Gasteiger partial charge on any atom is 0.410 e. The van der Waals surface area contributed by atoms with Gasteiger partial charge in [0.25, 0.3) is 0 Å². The summed E-state index contributed by atoms with van der Waals surface area (Å²) in [5, 5.41) is 3.02. The minimum atomic E-state index is -0.572. The van der Waals surface area contributed by atoms with Gasteiger partial charge in [0.15, 0.2) is 0 Å². The zero-order valence-electron chi connectivity index (χ0n) is 21.8.